The number of aliphatic imine (C=N–C) groups is 1. The SMILES string of the molecule is CNS(=O)(=O)c1ccc(CN=C(N)Nc2ccccc2OC(F)(F)F)cc1. The molecule has 0 spiro atoms. The molecule has 0 heterocycles. The summed E-state index contributed by atoms with van der Waals surface area (Å²) in [7, 11) is -2.23. The van der Waals surface area contributed by atoms with Crippen molar-refractivity contribution in [3.8, 4) is 5.75 Å². The lowest BCUT2D eigenvalue weighted by atomic mass is 10.2. The number of anilines is 1. The molecule has 0 aliphatic carbocycles. The summed E-state index contributed by atoms with van der Waals surface area (Å²) < 4.78 is 66.7. The summed E-state index contributed by atoms with van der Waals surface area (Å²) in [5.41, 5.74) is 6.37. The molecule has 0 fully saturated rings. The number of nitrogens with zero attached hydrogens (tertiary/aromatic N) is 1. The minimum atomic E-state index is -4.83. The lowest BCUT2D eigenvalue weighted by Gasteiger charge is -2.14. The smallest absolute Gasteiger partial charge is 0.404 e. The highest BCUT2D eigenvalue weighted by molar-refractivity contribution is 7.89. The Hall–Kier alpha value is -2.79. The van der Waals surface area contributed by atoms with E-state index in [9.17, 15) is 21.6 Å². The maximum absolute atomic E-state index is 12.4. The Morgan fingerprint density at radius 2 is 1.78 bits per heavy atom. The fourth-order valence-electron chi connectivity index (χ4n) is 2.03. The molecule has 2 aromatic rings. The molecule has 0 atom stereocenters. The number of alkyl halides is 3. The van der Waals surface area contributed by atoms with Gasteiger partial charge < -0.3 is 15.8 Å². The zero-order valence-electron chi connectivity index (χ0n) is 14.1. The van der Waals surface area contributed by atoms with Gasteiger partial charge in [0.2, 0.25) is 10.0 Å². The lowest BCUT2D eigenvalue weighted by Crippen LogP contribution is -2.24. The van der Waals surface area contributed by atoms with Gasteiger partial charge in [-0.25, -0.2) is 18.1 Å². The zero-order chi connectivity index (χ0) is 20.1. The van der Waals surface area contributed by atoms with E-state index in [1.807, 2.05) is 0 Å². The number of ether oxygens (including phenoxy) is 1. The van der Waals surface area contributed by atoms with Crippen molar-refractivity contribution in [3.63, 3.8) is 0 Å². The van der Waals surface area contributed by atoms with Gasteiger partial charge in [0.15, 0.2) is 11.7 Å². The average Bonchev–Trinajstić information content (AvgIpc) is 2.61. The zero-order valence-corrected chi connectivity index (χ0v) is 14.9. The van der Waals surface area contributed by atoms with Gasteiger partial charge in [0.1, 0.15) is 0 Å². The van der Waals surface area contributed by atoms with Crippen LogP contribution in [0.3, 0.4) is 0 Å². The van der Waals surface area contributed by atoms with Crippen molar-refractivity contribution < 1.29 is 26.3 Å². The minimum Gasteiger partial charge on any atom is -0.404 e. The Bertz CT molecular complexity index is 913. The molecule has 0 unspecified atom stereocenters. The number of hydrogen-bond donors (Lipinski definition) is 3. The highest BCUT2D eigenvalue weighted by atomic mass is 32.2. The molecular formula is C16H17F3N4O3S. The van der Waals surface area contributed by atoms with Crippen LogP contribution >= 0.6 is 0 Å². The molecule has 0 bridgehead atoms. The van der Waals surface area contributed by atoms with Crippen molar-refractivity contribution in [3.05, 3.63) is 54.1 Å². The summed E-state index contributed by atoms with van der Waals surface area (Å²) in [6, 6.07) is 11.3. The van der Waals surface area contributed by atoms with Gasteiger partial charge in [-0.2, -0.15) is 0 Å². The molecule has 11 heteroatoms. The number of benzene rings is 2. The molecule has 0 aliphatic rings. The predicted octanol–water partition coefficient (Wildman–Crippen LogP) is 2.42. The summed E-state index contributed by atoms with van der Waals surface area (Å²) in [6.07, 6.45) is -4.83. The Labute approximate surface area is 154 Å². The maximum atomic E-state index is 12.4. The highest BCUT2D eigenvalue weighted by Crippen LogP contribution is 2.29. The molecule has 0 saturated carbocycles. The Kier molecular flexibility index (Phi) is 6.28. The number of halogens is 3. The van der Waals surface area contributed by atoms with Crippen LogP contribution in [-0.2, 0) is 16.6 Å². The summed E-state index contributed by atoms with van der Waals surface area (Å²) >= 11 is 0. The second-order valence-electron chi connectivity index (χ2n) is 5.22. The van der Waals surface area contributed by atoms with Gasteiger partial charge in [0.25, 0.3) is 0 Å². The van der Waals surface area contributed by atoms with Crippen molar-refractivity contribution in [1.29, 1.82) is 0 Å². The van der Waals surface area contributed by atoms with Gasteiger partial charge in [0, 0.05) is 0 Å². The minimum absolute atomic E-state index is 0.00605. The number of hydrogen-bond acceptors (Lipinski definition) is 4. The van der Waals surface area contributed by atoms with Crippen molar-refractivity contribution in [1.82, 2.24) is 4.72 Å². The first-order valence-corrected chi connectivity index (χ1v) is 9.03. The van der Waals surface area contributed by atoms with Crippen molar-refractivity contribution in [2.45, 2.75) is 17.8 Å². The van der Waals surface area contributed by atoms with E-state index in [-0.39, 0.29) is 23.1 Å². The van der Waals surface area contributed by atoms with Crippen molar-refractivity contribution in [2.75, 3.05) is 12.4 Å². The van der Waals surface area contributed by atoms with Crippen LogP contribution in [0.15, 0.2) is 58.4 Å². The topological polar surface area (TPSA) is 106 Å². The van der Waals surface area contributed by atoms with Crippen molar-refractivity contribution in [2.24, 2.45) is 10.7 Å². The fourth-order valence-corrected chi connectivity index (χ4v) is 2.76. The van der Waals surface area contributed by atoms with E-state index in [2.05, 4.69) is 19.8 Å². The number of sulfonamides is 1. The highest BCUT2D eigenvalue weighted by Gasteiger charge is 2.32. The molecule has 2 aromatic carbocycles. The Morgan fingerprint density at radius 1 is 1.15 bits per heavy atom. The first kappa shape index (κ1) is 20.5. The van der Waals surface area contributed by atoms with Crippen molar-refractivity contribution >= 4 is 21.7 Å². The molecule has 0 aliphatic heterocycles. The molecule has 0 aromatic heterocycles. The van der Waals surface area contributed by atoms with Crippen LogP contribution in [0.1, 0.15) is 5.56 Å². The summed E-state index contributed by atoms with van der Waals surface area (Å²) in [5.74, 6) is -0.565. The van der Waals surface area contributed by atoms with Crippen LogP contribution in [0, 0.1) is 0 Å². The van der Waals surface area contributed by atoms with E-state index in [0.717, 1.165) is 6.07 Å². The van der Waals surface area contributed by atoms with Crippen LogP contribution in [0.2, 0.25) is 0 Å². The van der Waals surface area contributed by atoms with Crippen LogP contribution in [0.5, 0.6) is 5.75 Å². The largest absolute Gasteiger partial charge is 0.573 e. The van der Waals surface area contributed by atoms with E-state index in [1.54, 1.807) is 12.1 Å². The molecular weight excluding hydrogens is 385 g/mol. The summed E-state index contributed by atoms with van der Waals surface area (Å²) in [6.45, 7) is 0.0982. The van der Waals surface area contributed by atoms with Crippen LogP contribution < -0.4 is 20.5 Å². The first-order chi connectivity index (χ1) is 12.6. The molecule has 0 saturated heterocycles. The fraction of sp³-hybridized carbons (Fsp3) is 0.188. The van der Waals surface area contributed by atoms with E-state index in [4.69, 9.17) is 5.73 Å². The average molecular weight is 402 g/mol. The van der Waals surface area contributed by atoms with Gasteiger partial charge >= 0.3 is 6.36 Å². The third-order valence-electron chi connectivity index (χ3n) is 3.31. The van der Waals surface area contributed by atoms with Gasteiger partial charge in [-0.05, 0) is 36.9 Å². The van der Waals surface area contributed by atoms with E-state index in [0.29, 0.717) is 5.56 Å². The maximum Gasteiger partial charge on any atom is 0.573 e. The molecule has 7 nitrogen and oxygen atoms in total. The quantitative estimate of drug-likeness (QED) is 0.508. The number of para-hydroxylation sites is 2. The normalized spacial score (nSPS) is 12.7. The second-order valence-corrected chi connectivity index (χ2v) is 7.11. The van der Waals surface area contributed by atoms with Gasteiger partial charge in [0.05, 0.1) is 17.1 Å². The second kappa shape index (κ2) is 8.27. The Morgan fingerprint density at radius 3 is 2.37 bits per heavy atom. The van der Waals surface area contributed by atoms with Crippen LogP contribution in [-0.4, -0.2) is 27.8 Å². The Balaban J connectivity index is 2.07. The third kappa shape index (κ3) is 6.15. The molecule has 0 radical (unpaired) electrons. The first-order valence-electron chi connectivity index (χ1n) is 7.55. The number of nitrogens with two attached hydrogens (primary N) is 1. The number of nitrogens with one attached hydrogen (secondary N) is 2. The standard InChI is InChI=1S/C16H17F3N4O3S/c1-21-27(24,25)12-8-6-11(7-9-12)10-22-15(20)23-13-4-2-3-5-14(13)26-16(17,18)19/h2-9,21H,10H2,1H3,(H3,20,22,23). The molecule has 2 rings (SSSR count). The van der Waals surface area contributed by atoms with E-state index < -0.39 is 22.1 Å². The predicted molar refractivity (Wildman–Crippen MR) is 94.8 cm³/mol. The molecule has 0 amide bonds. The number of guanidine groups is 1. The van der Waals surface area contributed by atoms with Crippen LogP contribution in [0.4, 0.5) is 18.9 Å². The molecule has 4 N–H and O–H groups in total. The number of rotatable bonds is 6. The van der Waals surface area contributed by atoms with Gasteiger partial charge in [-0.15, -0.1) is 13.2 Å². The van der Waals surface area contributed by atoms with Gasteiger partial charge in [-0.3, -0.25) is 0 Å². The molecule has 27 heavy (non-hydrogen) atoms. The monoisotopic (exact) mass is 402 g/mol. The van der Waals surface area contributed by atoms with E-state index in [1.165, 1.54) is 37.4 Å². The summed E-state index contributed by atoms with van der Waals surface area (Å²) in [4.78, 5) is 4.12. The third-order valence-corrected chi connectivity index (χ3v) is 4.74. The lowest BCUT2D eigenvalue weighted by molar-refractivity contribution is -0.274. The molecule has 146 valence electrons. The van der Waals surface area contributed by atoms with Gasteiger partial charge in [-0.1, -0.05) is 24.3 Å². The summed E-state index contributed by atoms with van der Waals surface area (Å²) in [5, 5.41) is 2.54. The van der Waals surface area contributed by atoms with Crippen LogP contribution in [0.25, 0.3) is 0 Å². The van der Waals surface area contributed by atoms with E-state index >= 15 is 0 Å².